The smallest absolute Gasteiger partial charge is 0.316 e. The highest BCUT2D eigenvalue weighted by molar-refractivity contribution is 14.2. The van der Waals surface area contributed by atoms with E-state index in [1.54, 1.807) is 36.4 Å². The van der Waals surface area contributed by atoms with Crippen molar-refractivity contribution in [1.82, 2.24) is 19.9 Å². The van der Waals surface area contributed by atoms with Gasteiger partial charge in [-0.15, -0.1) is 5.10 Å². The monoisotopic (exact) mass is 720 g/mol. The fourth-order valence-corrected chi connectivity index (χ4v) is 3.60. The first-order chi connectivity index (χ1) is 17.0. The third-order valence-corrected chi connectivity index (χ3v) is 6.64. The van der Waals surface area contributed by atoms with E-state index in [-0.39, 0.29) is 11.5 Å². The molecule has 2 N–H and O–H groups in total. The fraction of sp³-hybridized carbons (Fsp3) is 0.130. The number of anilines is 2. The Morgan fingerprint density at radius 1 is 1.08 bits per heavy atom. The topological polar surface area (TPSA) is 95.1 Å². The van der Waals surface area contributed by atoms with Gasteiger partial charge in [0.25, 0.3) is 7.59 Å². The Hall–Kier alpha value is -3.00. The summed E-state index contributed by atoms with van der Waals surface area (Å²) < 4.78 is 55.0. The van der Waals surface area contributed by atoms with Gasteiger partial charge in [-0.2, -0.15) is 19.0 Å². The van der Waals surface area contributed by atoms with Crippen LogP contribution in [-0.2, 0) is 0 Å². The fourth-order valence-electron chi connectivity index (χ4n) is 3.22. The molecule has 0 fully saturated rings. The summed E-state index contributed by atoms with van der Waals surface area (Å²) in [6.45, 7) is -1.30. The SMILES string of the molecule is N#Cc1ccccc1Nc1nc2ccc(-c3cccc(C(=O)NCC(F)(F)C(F)(I)I)c3F)cn2n1. The lowest BCUT2D eigenvalue weighted by atomic mass is 10.0. The number of rotatable bonds is 7. The quantitative estimate of drug-likeness (QED) is 0.139. The van der Waals surface area contributed by atoms with Crippen LogP contribution < -0.4 is 10.6 Å². The minimum atomic E-state index is -3.87. The van der Waals surface area contributed by atoms with Gasteiger partial charge in [0.1, 0.15) is 11.9 Å². The van der Waals surface area contributed by atoms with Crippen molar-refractivity contribution in [3.05, 3.63) is 77.7 Å². The van der Waals surface area contributed by atoms with E-state index in [4.69, 9.17) is 0 Å². The van der Waals surface area contributed by atoms with Gasteiger partial charge in [0, 0.05) is 17.3 Å². The van der Waals surface area contributed by atoms with E-state index in [1.807, 2.05) is 5.32 Å². The van der Waals surface area contributed by atoms with E-state index in [1.165, 1.54) is 22.8 Å². The van der Waals surface area contributed by atoms with Crippen molar-refractivity contribution in [3.8, 4) is 17.2 Å². The number of hydrogen-bond donors (Lipinski definition) is 2. The number of nitriles is 1. The first-order valence-corrected chi connectivity index (χ1v) is 12.3. The van der Waals surface area contributed by atoms with Gasteiger partial charge in [-0.1, -0.05) is 24.3 Å². The van der Waals surface area contributed by atoms with Gasteiger partial charge in [0.15, 0.2) is 5.65 Å². The number of nitrogens with zero attached hydrogens (tertiary/aromatic N) is 4. The van der Waals surface area contributed by atoms with Crippen LogP contribution in [0.3, 0.4) is 0 Å². The molecule has 4 aromatic rings. The molecule has 13 heteroatoms. The largest absolute Gasteiger partial charge is 0.346 e. The second-order valence-electron chi connectivity index (χ2n) is 7.49. The highest BCUT2D eigenvalue weighted by Gasteiger charge is 2.51. The number of fused-ring (bicyclic) bond motifs is 1. The third kappa shape index (κ3) is 5.38. The summed E-state index contributed by atoms with van der Waals surface area (Å²) in [5.74, 6) is -5.70. The molecule has 0 atom stereocenters. The molecule has 7 nitrogen and oxygen atoms in total. The number of halogens is 6. The Labute approximate surface area is 229 Å². The molecule has 0 spiro atoms. The lowest BCUT2D eigenvalue weighted by molar-refractivity contribution is -0.0342. The molecule has 0 radical (unpaired) electrons. The second kappa shape index (κ2) is 10.2. The molecule has 4 rings (SSSR count). The number of amides is 1. The van der Waals surface area contributed by atoms with Crippen molar-refractivity contribution in [1.29, 1.82) is 5.26 Å². The summed E-state index contributed by atoms with van der Waals surface area (Å²) in [5.41, 5.74) is 1.25. The lowest BCUT2D eigenvalue weighted by Crippen LogP contribution is -2.45. The van der Waals surface area contributed by atoms with E-state index < -0.39 is 31.4 Å². The van der Waals surface area contributed by atoms with Crippen LogP contribution in [0.1, 0.15) is 15.9 Å². The first kappa shape index (κ1) is 26.1. The first-order valence-electron chi connectivity index (χ1n) is 10.1. The molecule has 0 aliphatic heterocycles. The molecular weight excluding hydrogens is 706 g/mol. The standard InChI is InChI=1S/C23H14F4I2N6O/c24-19-15(5-3-6-16(19)20(36)31-12-22(25,26)23(27,28)29)14-8-9-18-33-21(34-35(18)11-14)32-17-7-2-1-4-13(17)10-30/h1-9,11H,12H2,(H,31,36)(H,32,34). The van der Waals surface area contributed by atoms with Gasteiger partial charge in [-0.25, -0.2) is 13.3 Å². The average Bonchev–Trinajstić information content (AvgIpc) is 3.24. The number of aromatic nitrogens is 3. The van der Waals surface area contributed by atoms with Crippen LogP contribution in [-0.4, -0.2) is 34.7 Å². The van der Waals surface area contributed by atoms with E-state index in [2.05, 4.69) is 21.5 Å². The van der Waals surface area contributed by atoms with Crippen LogP contribution in [0.5, 0.6) is 0 Å². The molecule has 2 aromatic carbocycles. The number of nitrogens with one attached hydrogen (secondary N) is 2. The minimum Gasteiger partial charge on any atom is -0.346 e. The predicted molar refractivity (Wildman–Crippen MR) is 142 cm³/mol. The maximum Gasteiger partial charge on any atom is 0.316 e. The number of carbonyl (C=O) groups excluding carboxylic acids is 1. The van der Waals surface area contributed by atoms with Gasteiger partial charge in [-0.3, -0.25) is 4.79 Å². The zero-order valence-electron chi connectivity index (χ0n) is 17.9. The summed E-state index contributed by atoms with van der Waals surface area (Å²) in [5, 5.41) is 18.4. The number of pyridine rings is 1. The van der Waals surface area contributed by atoms with Crippen molar-refractivity contribution >= 4 is 68.4 Å². The summed E-state index contributed by atoms with van der Waals surface area (Å²) in [6, 6.07) is 16.0. The van der Waals surface area contributed by atoms with E-state index in [0.29, 0.717) is 22.5 Å². The Balaban J connectivity index is 1.59. The molecule has 0 saturated heterocycles. The summed E-state index contributed by atoms with van der Waals surface area (Å²) in [7, 11) is 0. The van der Waals surface area contributed by atoms with Crippen molar-refractivity contribution < 1.29 is 22.4 Å². The lowest BCUT2D eigenvalue weighted by Gasteiger charge is -2.23. The molecule has 36 heavy (non-hydrogen) atoms. The summed E-state index contributed by atoms with van der Waals surface area (Å²) in [4.78, 5) is 16.7. The Bertz CT molecular complexity index is 1500. The zero-order valence-corrected chi connectivity index (χ0v) is 22.3. The Morgan fingerprint density at radius 3 is 2.56 bits per heavy atom. The van der Waals surface area contributed by atoms with Crippen molar-refractivity contribution in [2.45, 2.75) is 7.60 Å². The third-order valence-electron chi connectivity index (χ3n) is 5.07. The zero-order chi connectivity index (χ0) is 26.1. The molecule has 0 bridgehead atoms. The molecule has 0 aliphatic rings. The highest BCUT2D eigenvalue weighted by Crippen LogP contribution is 2.43. The Morgan fingerprint density at radius 2 is 1.83 bits per heavy atom. The molecule has 0 saturated carbocycles. The van der Waals surface area contributed by atoms with Crippen LogP contribution in [0.2, 0.25) is 0 Å². The van der Waals surface area contributed by atoms with E-state index in [9.17, 15) is 23.2 Å². The molecule has 0 aliphatic carbocycles. The van der Waals surface area contributed by atoms with Gasteiger partial charge < -0.3 is 10.6 Å². The average molecular weight is 720 g/mol. The van der Waals surface area contributed by atoms with E-state index in [0.717, 1.165) is 51.2 Å². The van der Waals surface area contributed by atoms with Crippen molar-refractivity contribution in [3.63, 3.8) is 0 Å². The van der Waals surface area contributed by atoms with Gasteiger partial charge >= 0.3 is 5.92 Å². The van der Waals surface area contributed by atoms with Crippen LogP contribution >= 0.6 is 45.2 Å². The minimum absolute atomic E-state index is 0.0266. The number of benzene rings is 2. The maximum atomic E-state index is 15.2. The highest BCUT2D eigenvalue weighted by atomic mass is 127. The molecule has 1 amide bonds. The number of carbonyl (C=O) groups is 1. The number of para-hydroxylation sites is 1. The Kier molecular flexibility index (Phi) is 7.36. The van der Waals surface area contributed by atoms with Gasteiger partial charge in [0.05, 0.1) is 23.4 Å². The van der Waals surface area contributed by atoms with Crippen molar-refractivity contribution in [2.75, 3.05) is 11.9 Å². The molecule has 2 heterocycles. The van der Waals surface area contributed by atoms with Crippen LogP contribution in [0.15, 0.2) is 60.8 Å². The number of hydrogen-bond acceptors (Lipinski definition) is 5. The second-order valence-corrected chi connectivity index (χ2v) is 12.5. The van der Waals surface area contributed by atoms with Gasteiger partial charge in [0.2, 0.25) is 5.95 Å². The number of alkyl halides is 5. The summed E-state index contributed by atoms with van der Waals surface area (Å²) >= 11 is 1.86. The molecule has 184 valence electrons. The van der Waals surface area contributed by atoms with Crippen LogP contribution in [0.4, 0.5) is 29.2 Å². The molecule has 0 unspecified atom stereocenters. The van der Waals surface area contributed by atoms with E-state index >= 15 is 4.39 Å². The maximum absolute atomic E-state index is 15.2. The van der Waals surface area contributed by atoms with Crippen LogP contribution in [0, 0.1) is 17.1 Å². The molecule has 2 aromatic heterocycles. The predicted octanol–water partition coefficient (Wildman–Crippen LogP) is 6.01. The van der Waals surface area contributed by atoms with Gasteiger partial charge in [-0.05, 0) is 75.5 Å². The van der Waals surface area contributed by atoms with Crippen LogP contribution in [0.25, 0.3) is 16.8 Å². The molecular formula is C23H14F4I2N6O. The summed E-state index contributed by atoms with van der Waals surface area (Å²) in [6.07, 6.45) is 1.49. The van der Waals surface area contributed by atoms with Crippen molar-refractivity contribution in [2.24, 2.45) is 0 Å². The normalized spacial score (nSPS) is 11.8.